The van der Waals surface area contributed by atoms with Crippen molar-refractivity contribution in [3.63, 3.8) is 0 Å². The van der Waals surface area contributed by atoms with Crippen molar-refractivity contribution in [2.45, 2.75) is 31.1 Å². The van der Waals surface area contributed by atoms with Gasteiger partial charge in [-0.05, 0) is 18.6 Å². The molecule has 0 aliphatic rings. The summed E-state index contributed by atoms with van der Waals surface area (Å²) in [5.41, 5.74) is 0.0688. The van der Waals surface area contributed by atoms with Crippen molar-refractivity contribution >= 4 is 48.8 Å². The molecule has 1 aromatic rings. The van der Waals surface area contributed by atoms with E-state index in [1.807, 2.05) is 0 Å². The number of unbranched alkanes of at least 4 members (excludes halogenated alkanes) is 2. The lowest BCUT2D eigenvalue weighted by molar-refractivity contribution is 0.0792. The van der Waals surface area contributed by atoms with E-state index in [0.717, 1.165) is 25.3 Å². The predicted octanol–water partition coefficient (Wildman–Crippen LogP) is 4.18. The lowest BCUT2D eigenvalue weighted by Gasteiger charge is -2.18. The Morgan fingerprint density at radius 1 is 1.19 bits per heavy atom. The molecule has 21 heavy (non-hydrogen) atoms. The minimum Gasteiger partial charge on any atom is -0.342 e. The van der Waals surface area contributed by atoms with Gasteiger partial charge in [0.05, 0.1) is 15.6 Å². The first-order valence-corrected chi connectivity index (χ1v) is 9.44. The van der Waals surface area contributed by atoms with Crippen LogP contribution >= 0.6 is 33.9 Å². The summed E-state index contributed by atoms with van der Waals surface area (Å²) < 4.78 is 22.9. The minimum absolute atomic E-state index is 0.0688. The minimum atomic E-state index is -4.04. The van der Waals surface area contributed by atoms with E-state index < -0.39 is 9.05 Å². The van der Waals surface area contributed by atoms with E-state index in [1.165, 1.54) is 11.0 Å². The van der Waals surface area contributed by atoms with Gasteiger partial charge in [0.1, 0.15) is 4.90 Å². The van der Waals surface area contributed by atoms with E-state index in [2.05, 4.69) is 6.92 Å². The Morgan fingerprint density at radius 2 is 1.81 bits per heavy atom. The fourth-order valence-electron chi connectivity index (χ4n) is 1.79. The highest BCUT2D eigenvalue weighted by Crippen LogP contribution is 2.31. The first-order chi connectivity index (χ1) is 9.68. The third-order valence-electron chi connectivity index (χ3n) is 2.96. The zero-order chi connectivity index (χ0) is 16.2. The van der Waals surface area contributed by atoms with E-state index in [4.69, 9.17) is 33.9 Å². The standard InChI is InChI=1S/C13H16Cl3NO3S/c1-3-4-5-6-17(2)13(18)9-7-12(21(16,19)20)11(15)8-10(9)14/h7-8H,3-6H2,1-2H3. The Bertz CT molecular complexity index is 632. The summed E-state index contributed by atoms with van der Waals surface area (Å²) in [4.78, 5) is 13.5. The van der Waals surface area contributed by atoms with Crippen LogP contribution in [-0.4, -0.2) is 32.8 Å². The molecule has 0 bridgehead atoms. The molecule has 8 heteroatoms. The van der Waals surface area contributed by atoms with E-state index in [0.29, 0.717) is 6.54 Å². The molecular weight excluding hydrogens is 357 g/mol. The second-order valence-electron chi connectivity index (χ2n) is 4.63. The average Bonchev–Trinajstić information content (AvgIpc) is 2.36. The highest BCUT2D eigenvalue weighted by atomic mass is 35.7. The van der Waals surface area contributed by atoms with Crippen molar-refractivity contribution in [3.05, 3.63) is 27.7 Å². The van der Waals surface area contributed by atoms with E-state index >= 15 is 0 Å². The number of hydrogen-bond donors (Lipinski definition) is 0. The largest absolute Gasteiger partial charge is 0.342 e. The van der Waals surface area contributed by atoms with Gasteiger partial charge < -0.3 is 4.90 Å². The van der Waals surface area contributed by atoms with Crippen molar-refractivity contribution in [1.82, 2.24) is 4.90 Å². The molecule has 0 saturated heterocycles. The summed E-state index contributed by atoms with van der Waals surface area (Å²) in [6, 6.07) is 2.33. The van der Waals surface area contributed by atoms with Crippen LogP contribution in [0.15, 0.2) is 17.0 Å². The number of hydrogen-bond acceptors (Lipinski definition) is 3. The molecule has 0 radical (unpaired) electrons. The van der Waals surface area contributed by atoms with Gasteiger partial charge in [-0.2, -0.15) is 0 Å². The van der Waals surface area contributed by atoms with E-state index in [9.17, 15) is 13.2 Å². The number of nitrogens with zero attached hydrogens (tertiary/aromatic N) is 1. The Labute approximate surface area is 139 Å². The van der Waals surface area contributed by atoms with Gasteiger partial charge in [-0.25, -0.2) is 8.42 Å². The SMILES string of the molecule is CCCCCN(C)C(=O)c1cc(S(=O)(=O)Cl)c(Cl)cc1Cl. The van der Waals surface area contributed by atoms with Crippen LogP contribution in [0, 0.1) is 0 Å². The molecular formula is C13H16Cl3NO3S. The molecule has 1 amide bonds. The topological polar surface area (TPSA) is 54.5 Å². The number of carbonyl (C=O) groups excluding carboxylic acids is 1. The van der Waals surface area contributed by atoms with Gasteiger partial charge >= 0.3 is 0 Å². The van der Waals surface area contributed by atoms with Crippen LogP contribution in [0.2, 0.25) is 10.0 Å². The molecule has 1 rings (SSSR count). The van der Waals surface area contributed by atoms with Crippen molar-refractivity contribution in [2.24, 2.45) is 0 Å². The first-order valence-electron chi connectivity index (χ1n) is 6.37. The third-order valence-corrected chi connectivity index (χ3v) is 5.06. The molecule has 0 unspecified atom stereocenters. The smallest absolute Gasteiger partial charge is 0.262 e. The third kappa shape index (κ3) is 5.02. The molecule has 0 aromatic heterocycles. The molecule has 0 heterocycles. The number of rotatable bonds is 6. The summed E-state index contributed by atoms with van der Waals surface area (Å²) in [5, 5.41) is -0.0170. The van der Waals surface area contributed by atoms with Crippen LogP contribution in [0.5, 0.6) is 0 Å². The van der Waals surface area contributed by atoms with Crippen molar-refractivity contribution < 1.29 is 13.2 Å². The number of halogens is 3. The van der Waals surface area contributed by atoms with Gasteiger partial charge in [0.15, 0.2) is 0 Å². The molecule has 4 nitrogen and oxygen atoms in total. The molecule has 0 atom stereocenters. The van der Waals surface area contributed by atoms with Crippen LogP contribution in [0.3, 0.4) is 0 Å². The molecule has 0 fully saturated rings. The summed E-state index contributed by atoms with van der Waals surface area (Å²) in [6.45, 7) is 2.63. The molecule has 118 valence electrons. The average molecular weight is 373 g/mol. The number of benzene rings is 1. The quantitative estimate of drug-likeness (QED) is 0.556. The Morgan fingerprint density at radius 3 is 2.33 bits per heavy atom. The number of carbonyl (C=O) groups is 1. The van der Waals surface area contributed by atoms with Crippen LogP contribution in [0.1, 0.15) is 36.5 Å². The monoisotopic (exact) mass is 371 g/mol. The van der Waals surface area contributed by atoms with Crippen LogP contribution in [0.25, 0.3) is 0 Å². The maximum absolute atomic E-state index is 12.3. The van der Waals surface area contributed by atoms with Gasteiger partial charge in [-0.15, -0.1) is 0 Å². The highest BCUT2D eigenvalue weighted by molar-refractivity contribution is 8.13. The zero-order valence-corrected chi connectivity index (χ0v) is 14.8. The Hall–Kier alpha value is -0.490. The maximum Gasteiger partial charge on any atom is 0.262 e. The molecule has 0 aliphatic heterocycles. The lowest BCUT2D eigenvalue weighted by atomic mass is 10.2. The summed E-state index contributed by atoms with van der Waals surface area (Å²) in [6.07, 6.45) is 2.91. The number of amides is 1. The molecule has 0 N–H and O–H groups in total. The molecule has 0 saturated carbocycles. The predicted molar refractivity (Wildman–Crippen MR) is 86.0 cm³/mol. The van der Waals surface area contributed by atoms with Crippen LogP contribution < -0.4 is 0 Å². The van der Waals surface area contributed by atoms with Gasteiger partial charge in [0.25, 0.3) is 15.0 Å². The van der Waals surface area contributed by atoms with Crippen LogP contribution in [-0.2, 0) is 9.05 Å². The normalized spacial score (nSPS) is 11.5. The Balaban J connectivity index is 3.10. The van der Waals surface area contributed by atoms with Crippen molar-refractivity contribution in [2.75, 3.05) is 13.6 Å². The maximum atomic E-state index is 12.3. The van der Waals surface area contributed by atoms with E-state index in [1.54, 1.807) is 7.05 Å². The fraction of sp³-hybridized carbons (Fsp3) is 0.462. The summed E-state index contributed by atoms with van der Waals surface area (Å²) >= 11 is 11.8. The molecule has 0 aliphatic carbocycles. The summed E-state index contributed by atoms with van der Waals surface area (Å²) in [5.74, 6) is -0.366. The van der Waals surface area contributed by atoms with Gasteiger partial charge in [-0.1, -0.05) is 43.0 Å². The zero-order valence-electron chi connectivity index (χ0n) is 11.7. The summed E-state index contributed by atoms with van der Waals surface area (Å²) in [7, 11) is 2.89. The fourth-order valence-corrected chi connectivity index (χ4v) is 3.61. The van der Waals surface area contributed by atoms with Gasteiger partial charge in [-0.3, -0.25) is 4.79 Å². The van der Waals surface area contributed by atoms with Crippen LogP contribution in [0.4, 0.5) is 0 Å². The van der Waals surface area contributed by atoms with E-state index in [-0.39, 0.29) is 26.4 Å². The molecule has 0 spiro atoms. The van der Waals surface area contributed by atoms with Crippen molar-refractivity contribution in [1.29, 1.82) is 0 Å². The lowest BCUT2D eigenvalue weighted by Crippen LogP contribution is -2.28. The Kier molecular flexibility index (Phi) is 6.78. The second-order valence-corrected chi connectivity index (χ2v) is 7.98. The first kappa shape index (κ1) is 18.6. The van der Waals surface area contributed by atoms with Gasteiger partial charge in [0.2, 0.25) is 0 Å². The highest BCUT2D eigenvalue weighted by Gasteiger charge is 2.22. The molecule has 1 aromatic carbocycles. The second kappa shape index (κ2) is 7.68. The van der Waals surface area contributed by atoms with Gasteiger partial charge in [0, 0.05) is 24.3 Å². The van der Waals surface area contributed by atoms with Crippen molar-refractivity contribution in [3.8, 4) is 0 Å².